The van der Waals surface area contributed by atoms with E-state index in [0.29, 0.717) is 6.47 Å². The van der Waals surface area contributed by atoms with Gasteiger partial charge in [0.1, 0.15) is 0 Å². The summed E-state index contributed by atoms with van der Waals surface area (Å²) in [7, 11) is 0. The zero-order chi connectivity index (χ0) is 2.71. The van der Waals surface area contributed by atoms with Crippen molar-refractivity contribution in [3.8, 4) is 0 Å². The summed E-state index contributed by atoms with van der Waals surface area (Å²) in [6.07, 6.45) is 0. The average Bonchev–Trinajstić information content (AvgIpc) is 0.918. The van der Waals surface area contributed by atoms with Gasteiger partial charge in [0.15, 0.2) is 0 Å². The Labute approximate surface area is 40.0 Å². The summed E-state index contributed by atoms with van der Waals surface area (Å²) in [6.45, 7) is 0.500. The Bertz CT molecular complexity index is 13.5. The average molecular weight is 69.3 g/mol. The van der Waals surface area contributed by atoms with E-state index >= 15 is 0 Å². The number of hydrogen-bond acceptors (Lipinski definition) is 1. The summed E-state index contributed by atoms with van der Waals surface area (Å²) in [4.78, 5) is 8.24. The van der Waals surface area contributed by atoms with Crippen molar-refractivity contribution in [3.05, 3.63) is 0 Å². The first-order valence-corrected chi connectivity index (χ1v) is 0.428. The molecule has 0 amide bonds. The molecule has 0 aromatic carbocycles. The molecule has 2 nitrogen and oxygen atoms in total. The van der Waals surface area contributed by atoms with Crippen LogP contribution in [0.25, 0.3) is 0 Å². The number of hydrogen-bond donors (Lipinski definition) is 1. The third kappa shape index (κ3) is 61.2. The normalized spacial score (nSPS) is 3.00. The Morgan fingerprint density at radius 3 is 1.75 bits per heavy atom. The smallest absolute Gasteiger partial charge is 0.665 e. The van der Waals surface area contributed by atoms with E-state index in [1.807, 2.05) is 0 Å². The van der Waals surface area contributed by atoms with Crippen LogP contribution in [0.3, 0.4) is 0 Å². The molecular weight excluding hydrogens is 68.3 g/mol. The summed E-state index contributed by atoms with van der Waals surface area (Å²) < 4.78 is 0. The summed E-state index contributed by atoms with van der Waals surface area (Å²) in [6, 6.07) is 0. The van der Waals surface area contributed by atoms with Crippen molar-refractivity contribution in [3.63, 3.8) is 0 Å². The van der Waals surface area contributed by atoms with Crippen molar-refractivity contribution < 1.29 is 9.90 Å². The van der Waals surface area contributed by atoms with Crippen molar-refractivity contribution >= 4 is 29.5 Å². The topological polar surface area (TPSA) is 37.3 Å². The molecule has 0 atom stereocenters. The summed E-state index contributed by atoms with van der Waals surface area (Å²) in [5.74, 6) is 0. The first-order chi connectivity index (χ1) is 1.41. The van der Waals surface area contributed by atoms with E-state index in [0.717, 1.165) is 0 Å². The molecule has 0 saturated heterocycles. The SMILES string of the molecule is O=[C-]O.[Mg+]. The van der Waals surface area contributed by atoms with Crippen LogP contribution in [-0.2, 0) is 4.79 Å². The van der Waals surface area contributed by atoms with Gasteiger partial charge in [0.05, 0.1) is 0 Å². The largest absolute Gasteiger partial charge is 1.00 e. The maximum Gasteiger partial charge on any atom is 1.00 e. The molecule has 1 N–H and O–H groups in total. The molecule has 0 spiro atoms. The van der Waals surface area contributed by atoms with Crippen LogP contribution in [0.1, 0.15) is 0 Å². The third-order valence-corrected chi connectivity index (χ3v) is 0. The van der Waals surface area contributed by atoms with Crippen molar-refractivity contribution in [2.24, 2.45) is 0 Å². The molecule has 0 heterocycles. The molecule has 0 unspecified atom stereocenters. The second-order valence-electron chi connectivity index (χ2n) is 0.0913. The Balaban J connectivity index is 0. The molecule has 0 bridgehead atoms. The predicted molar refractivity (Wildman–Crippen MR) is 14.1 cm³/mol. The first kappa shape index (κ1) is 8.87. The molecule has 4 heavy (non-hydrogen) atoms. The summed E-state index contributed by atoms with van der Waals surface area (Å²) >= 11 is 0. The van der Waals surface area contributed by atoms with Crippen LogP contribution in [0.4, 0.5) is 0 Å². The predicted octanol–water partition coefficient (Wildman–Crippen LogP) is -0.769. The van der Waals surface area contributed by atoms with Crippen LogP contribution < -0.4 is 0 Å². The van der Waals surface area contributed by atoms with E-state index in [1.54, 1.807) is 0 Å². The van der Waals surface area contributed by atoms with Gasteiger partial charge >= 0.3 is 23.1 Å². The van der Waals surface area contributed by atoms with Gasteiger partial charge in [-0.15, -0.1) is 0 Å². The molecule has 0 rings (SSSR count). The van der Waals surface area contributed by atoms with Gasteiger partial charge in [0.2, 0.25) is 0 Å². The fourth-order valence-corrected chi connectivity index (χ4v) is 0. The monoisotopic (exact) mass is 69.0 g/mol. The number of rotatable bonds is 0. The zero-order valence-corrected chi connectivity index (χ0v) is 3.48. The summed E-state index contributed by atoms with van der Waals surface area (Å²) in [5.41, 5.74) is 0. The second kappa shape index (κ2) is 10.6. The first-order valence-electron chi connectivity index (χ1n) is 0.428. The van der Waals surface area contributed by atoms with E-state index in [1.165, 1.54) is 0 Å². The minimum absolute atomic E-state index is 0. The molecule has 19 valence electrons. The van der Waals surface area contributed by atoms with E-state index in [9.17, 15) is 0 Å². The summed E-state index contributed by atoms with van der Waals surface area (Å²) in [5, 5.41) is 6.76. The van der Waals surface area contributed by atoms with E-state index in [2.05, 4.69) is 0 Å². The molecule has 3 heteroatoms. The van der Waals surface area contributed by atoms with Crippen LogP contribution in [0.15, 0.2) is 0 Å². The molecule has 0 fully saturated rings. The van der Waals surface area contributed by atoms with Crippen molar-refractivity contribution in [1.82, 2.24) is 0 Å². The van der Waals surface area contributed by atoms with E-state index < -0.39 is 0 Å². The van der Waals surface area contributed by atoms with Crippen molar-refractivity contribution in [1.29, 1.82) is 0 Å². The Morgan fingerprint density at radius 1 is 1.75 bits per heavy atom. The maximum absolute atomic E-state index is 8.24. The molecule has 0 aliphatic heterocycles. The van der Waals surface area contributed by atoms with Gasteiger partial charge in [-0.1, -0.05) is 6.47 Å². The van der Waals surface area contributed by atoms with Gasteiger partial charge in [-0.05, 0) is 0 Å². The quantitative estimate of drug-likeness (QED) is 0.300. The fourth-order valence-electron chi connectivity index (χ4n) is 0. The maximum atomic E-state index is 8.24. The molecule has 0 aromatic rings. The Hall–Kier alpha value is 0.236. The second-order valence-corrected chi connectivity index (χ2v) is 0.0913. The van der Waals surface area contributed by atoms with Crippen LogP contribution in [0.5, 0.6) is 0 Å². The van der Waals surface area contributed by atoms with Gasteiger partial charge in [-0.2, -0.15) is 0 Å². The van der Waals surface area contributed by atoms with Crippen LogP contribution in [-0.4, -0.2) is 34.6 Å². The molecule has 1 radical (unpaired) electrons. The van der Waals surface area contributed by atoms with Gasteiger partial charge in [0, 0.05) is 0 Å². The molecule has 0 aromatic heterocycles. The van der Waals surface area contributed by atoms with Crippen LogP contribution >= 0.6 is 0 Å². The molecule has 0 aliphatic rings. The van der Waals surface area contributed by atoms with Gasteiger partial charge in [-0.3, -0.25) is 0 Å². The third-order valence-electron chi connectivity index (χ3n) is 0. The van der Waals surface area contributed by atoms with Gasteiger partial charge < -0.3 is 9.90 Å². The van der Waals surface area contributed by atoms with Gasteiger partial charge in [-0.25, -0.2) is 0 Å². The molecule has 0 saturated carbocycles. The Kier molecular flexibility index (Phi) is 23.5. The van der Waals surface area contributed by atoms with Crippen molar-refractivity contribution in [2.75, 3.05) is 0 Å². The molecule has 0 aliphatic carbocycles. The minimum Gasteiger partial charge on any atom is -0.665 e. The minimum atomic E-state index is 0. The standard InChI is InChI=1S/CHO2.Mg/c2-1-3;/h(H,2,3);/q-1;+1. The van der Waals surface area contributed by atoms with Crippen LogP contribution in [0, 0.1) is 0 Å². The van der Waals surface area contributed by atoms with E-state index in [-0.39, 0.29) is 23.1 Å². The fraction of sp³-hybridized carbons (Fsp3) is 0. The van der Waals surface area contributed by atoms with Crippen LogP contribution in [0.2, 0.25) is 0 Å². The Morgan fingerprint density at radius 2 is 1.75 bits per heavy atom. The van der Waals surface area contributed by atoms with Gasteiger partial charge in [0.25, 0.3) is 0 Å². The van der Waals surface area contributed by atoms with Crippen molar-refractivity contribution in [2.45, 2.75) is 0 Å². The zero-order valence-electron chi connectivity index (χ0n) is 2.06. The van der Waals surface area contributed by atoms with E-state index in [4.69, 9.17) is 9.90 Å². The molecular formula is CHMgO2. The number of aliphatic hydroxyl groups excluding tert-OH is 1.